The van der Waals surface area contributed by atoms with Crippen LogP contribution in [0.3, 0.4) is 0 Å². The topological polar surface area (TPSA) is 68.8 Å². The van der Waals surface area contributed by atoms with Gasteiger partial charge in [-0.05, 0) is 44.9 Å². The summed E-state index contributed by atoms with van der Waals surface area (Å²) in [6.45, 7) is 5.50. The van der Waals surface area contributed by atoms with E-state index in [1.807, 2.05) is 13.8 Å². The molecule has 0 radical (unpaired) electrons. The van der Waals surface area contributed by atoms with Gasteiger partial charge in [0.05, 0.1) is 28.4 Å². The van der Waals surface area contributed by atoms with Crippen molar-refractivity contribution in [2.75, 3.05) is 13.1 Å². The summed E-state index contributed by atoms with van der Waals surface area (Å²) in [6, 6.07) is 3.30. The zero-order valence-corrected chi connectivity index (χ0v) is 16.1. The SMILES string of the molecule is CCn1cc(C(=O)N2CCCC(n3nnc4cc(C(F)(F)F)ccc43)C2)c(C)n1. The third-order valence-electron chi connectivity index (χ3n) is 5.33. The molecular formula is C19H21F3N6O. The predicted octanol–water partition coefficient (Wildman–Crippen LogP) is 3.45. The molecule has 154 valence electrons. The van der Waals surface area contributed by atoms with Crippen LogP contribution in [0.2, 0.25) is 0 Å². The van der Waals surface area contributed by atoms with Gasteiger partial charge in [-0.3, -0.25) is 9.48 Å². The lowest BCUT2D eigenvalue weighted by Gasteiger charge is -2.32. The van der Waals surface area contributed by atoms with Gasteiger partial charge in [0, 0.05) is 25.8 Å². The van der Waals surface area contributed by atoms with Crippen LogP contribution >= 0.6 is 0 Å². The fraction of sp³-hybridized carbons (Fsp3) is 0.474. The van der Waals surface area contributed by atoms with Crippen LogP contribution in [-0.4, -0.2) is 48.7 Å². The summed E-state index contributed by atoms with van der Waals surface area (Å²) in [5.41, 5.74) is 1.24. The standard InChI is InChI=1S/C19H21F3N6O/c1-3-27-11-15(12(2)24-27)18(29)26-8-4-5-14(10-26)28-17-7-6-13(19(20,21)22)9-16(17)23-25-28/h6-7,9,11,14H,3-5,8,10H2,1-2H3. The maximum Gasteiger partial charge on any atom is 0.416 e. The molecule has 1 fully saturated rings. The number of carbonyl (C=O) groups excluding carboxylic acids is 1. The number of benzene rings is 1. The molecule has 1 aliphatic heterocycles. The first kappa shape index (κ1) is 19.4. The van der Waals surface area contributed by atoms with Crippen molar-refractivity contribution in [1.29, 1.82) is 0 Å². The summed E-state index contributed by atoms with van der Waals surface area (Å²) >= 11 is 0. The molecule has 29 heavy (non-hydrogen) atoms. The molecule has 0 N–H and O–H groups in total. The molecule has 4 rings (SSSR count). The van der Waals surface area contributed by atoms with Gasteiger partial charge in [0.2, 0.25) is 0 Å². The summed E-state index contributed by atoms with van der Waals surface area (Å²) in [7, 11) is 0. The number of halogens is 3. The highest BCUT2D eigenvalue weighted by Crippen LogP contribution is 2.32. The molecule has 1 saturated heterocycles. The Labute approximate surface area is 165 Å². The lowest BCUT2D eigenvalue weighted by molar-refractivity contribution is -0.137. The van der Waals surface area contributed by atoms with Crippen molar-refractivity contribution in [2.24, 2.45) is 0 Å². The molecule has 3 aromatic rings. The maximum absolute atomic E-state index is 13.0. The Kier molecular flexibility index (Phi) is 4.79. The van der Waals surface area contributed by atoms with E-state index in [2.05, 4.69) is 15.4 Å². The van der Waals surface area contributed by atoms with E-state index < -0.39 is 11.7 Å². The van der Waals surface area contributed by atoms with E-state index in [9.17, 15) is 18.0 Å². The summed E-state index contributed by atoms with van der Waals surface area (Å²) in [4.78, 5) is 14.7. The van der Waals surface area contributed by atoms with Crippen molar-refractivity contribution in [3.05, 3.63) is 41.2 Å². The van der Waals surface area contributed by atoms with Crippen LogP contribution in [0.5, 0.6) is 0 Å². The molecular weight excluding hydrogens is 385 g/mol. The van der Waals surface area contributed by atoms with Gasteiger partial charge >= 0.3 is 6.18 Å². The zero-order chi connectivity index (χ0) is 20.8. The van der Waals surface area contributed by atoms with E-state index in [-0.39, 0.29) is 17.5 Å². The predicted molar refractivity (Wildman–Crippen MR) is 99.3 cm³/mol. The second kappa shape index (κ2) is 7.16. The van der Waals surface area contributed by atoms with Gasteiger partial charge in [-0.15, -0.1) is 5.10 Å². The van der Waals surface area contributed by atoms with Gasteiger partial charge in [-0.1, -0.05) is 5.21 Å². The van der Waals surface area contributed by atoms with Crippen LogP contribution in [0.1, 0.15) is 47.4 Å². The Bertz CT molecular complexity index is 1050. The molecule has 0 saturated carbocycles. The smallest absolute Gasteiger partial charge is 0.336 e. The minimum Gasteiger partial charge on any atom is -0.336 e. The van der Waals surface area contributed by atoms with Gasteiger partial charge in [0.25, 0.3) is 5.91 Å². The van der Waals surface area contributed by atoms with Crippen LogP contribution in [0, 0.1) is 6.92 Å². The van der Waals surface area contributed by atoms with Crippen molar-refractivity contribution < 1.29 is 18.0 Å². The summed E-state index contributed by atoms with van der Waals surface area (Å²) in [6.07, 6.45) is -1.12. The van der Waals surface area contributed by atoms with Crippen molar-refractivity contribution in [3.63, 3.8) is 0 Å². The fourth-order valence-electron chi connectivity index (χ4n) is 3.79. The van der Waals surface area contributed by atoms with Crippen molar-refractivity contribution in [1.82, 2.24) is 29.7 Å². The number of likely N-dealkylation sites (tertiary alicyclic amines) is 1. The lowest BCUT2D eigenvalue weighted by Crippen LogP contribution is -2.41. The van der Waals surface area contributed by atoms with E-state index in [1.54, 1.807) is 20.5 Å². The van der Waals surface area contributed by atoms with Crippen LogP contribution in [0.4, 0.5) is 13.2 Å². The average Bonchev–Trinajstić information content (AvgIpc) is 3.29. The molecule has 3 heterocycles. The van der Waals surface area contributed by atoms with Gasteiger partial charge in [-0.2, -0.15) is 18.3 Å². The lowest BCUT2D eigenvalue weighted by atomic mass is 10.0. The number of aryl methyl sites for hydroxylation is 2. The highest BCUT2D eigenvalue weighted by molar-refractivity contribution is 5.95. The number of hydrogen-bond donors (Lipinski definition) is 0. The minimum absolute atomic E-state index is 0.0873. The molecule has 1 amide bonds. The zero-order valence-electron chi connectivity index (χ0n) is 16.1. The van der Waals surface area contributed by atoms with Crippen molar-refractivity contribution in [2.45, 2.75) is 45.5 Å². The summed E-state index contributed by atoms with van der Waals surface area (Å²) in [5, 5.41) is 12.3. The van der Waals surface area contributed by atoms with Crippen LogP contribution in [0.15, 0.2) is 24.4 Å². The number of nitrogens with zero attached hydrogens (tertiary/aromatic N) is 6. The Morgan fingerprint density at radius 1 is 1.31 bits per heavy atom. The Morgan fingerprint density at radius 3 is 2.79 bits per heavy atom. The number of carbonyl (C=O) groups is 1. The Morgan fingerprint density at radius 2 is 2.10 bits per heavy atom. The molecule has 1 aromatic carbocycles. The molecule has 0 aliphatic carbocycles. The Balaban J connectivity index is 1.58. The second-order valence-corrected chi connectivity index (χ2v) is 7.27. The molecule has 1 aliphatic rings. The normalized spacial score (nSPS) is 17.8. The molecule has 0 bridgehead atoms. The molecule has 10 heteroatoms. The van der Waals surface area contributed by atoms with Crippen LogP contribution in [0.25, 0.3) is 11.0 Å². The maximum atomic E-state index is 13.0. The van der Waals surface area contributed by atoms with Crippen molar-refractivity contribution >= 4 is 16.9 Å². The third-order valence-corrected chi connectivity index (χ3v) is 5.33. The number of rotatable bonds is 3. The Hall–Kier alpha value is -2.91. The molecule has 7 nitrogen and oxygen atoms in total. The first-order valence-corrected chi connectivity index (χ1v) is 9.53. The quantitative estimate of drug-likeness (QED) is 0.668. The second-order valence-electron chi connectivity index (χ2n) is 7.27. The summed E-state index contributed by atoms with van der Waals surface area (Å²) in [5.74, 6) is -0.0873. The average molecular weight is 406 g/mol. The van der Waals surface area contributed by atoms with E-state index in [4.69, 9.17) is 0 Å². The summed E-state index contributed by atoms with van der Waals surface area (Å²) < 4.78 is 42.2. The fourth-order valence-corrected chi connectivity index (χ4v) is 3.79. The number of amides is 1. The van der Waals surface area contributed by atoms with E-state index in [0.717, 1.165) is 25.0 Å². The minimum atomic E-state index is -4.42. The van der Waals surface area contributed by atoms with E-state index >= 15 is 0 Å². The van der Waals surface area contributed by atoms with Crippen molar-refractivity contribution in [3.8, 4) is 0 Å². The van der Waals surface area contributed by atoms with E-state index in [1.165, 1.54) is 6.07 Å². The van der Waals surface area contributed by atoms with Gasteiger partial charge in [0.1, 0.15) is 5.52 Å². The first-order chi connectivity index (χ1) is 13.8. The first-order valence-electron chi connectivity index (χ1n) is 9.53. The number of hydrogen-bond acceptors (Lipinski definition) is 4. The highest BCUT2D eigenvalue weighted by atomic mass is 19.4. The van der Waals surface area contributed by atoms with E-state index in [0.29, 0.717) is 36.4 Å². The van der Waals surface area contributed by atoms with Gasteiger partial charge in [-0.25, -0.2) is 4.68 Å². The van der Waals surface area contributed by atoms with Gasteiger partial charge < -0.3 is 4.90 Å². The number of aromatic nitrogens is 5. The molecule has 0 spiro atoms. The third kappa shape index (κ3) is 3.58. The molecule has 1 unspecified atom stereocenters. The largest absolute Gasteiger partial charge is 0.416 e. The van der Waals surface area contributed by atoms with Gasteiger partial charge in [0.15, 0.2) is 0 Å². The molecule has 1 atom stereocenters. The van der Waals surface area contributed by atoms with Crippen LogP contribution in [-0.2, 0) is 12.7 Å². The highest BCUT2D eigenvalue weighted by Gasteiger charge is 2.32. The van der Waals surface area contributed by atoms with Crippen LogP contribution < -0.4 is 0 Å². The number of fused-ring (bicyclic) bond motifs is 1. The molecule has 2 aromatic heterocycles. The monoisotopic (exact) mass is 406 g/mol. The number of piperidine rings is 1. The number of alkyl halides is 3.